The van der Waals surface area contributed by atoms with Gasteiger partial charge in [0.05, 0.1) is 29.7 Å². The van der Waals surface area contributed by atoms with Crippen LogP contribution in [0.25, 0.3) is 22.1 Å². The highest BCUT2D eigenvalue weighted by atomic mass is 16.5. The van der Waals surface area contributed by atoms with Crippen LogP contribution in [0.2, 0.25) is 0 Å². The smallest absolute Gasteiger partial charge is 0.414 e. The quantitative estimate of drug-likeness (QED) is 0.387. The number of carbonyl (C=O) groups excluding carboxylic acids is 1. The van der Waals surface area contributed by atoms with Gasteiger partial charge >= 0.3 is 12.1 Å². The molecule has 3 heterocycles. The molecular formula is C28H30N4O6. The van der Waals surface area contributed by atoms with Gasteiger partial charge in [-0.15, -0.1) is 0 Å². The van der Waals surface area contributed by atoms with E-state index >= 15 is 0 Å². The Morgan fingerprint density at radius 2 is 2.03 bits per heavy atom. The van der Waals surface area contributed by atoms with Gasteiger partial charge in [-0.05, 0) is 68.9 Å². The topological polar surface area (TPSA) is 131 Å². The van der Waals surface area contributed by atoms with Crippen molar-refractivity contribution in [2.45, 2.75) is 63.6 Å². The van der Waals surface area contributed by atoms with Crippen molar-refractivity contribution in [2.75, 3.05) is 12.0 Å². The minimum atomic E-state index is -1.07. The van der Waals surface area contributed by atoms with Crippen LogP contribution in [-0.4, -0.2) is 50.0 Å². The zero-order valence-electron chi connectivity index (χ0n) is 21.3. The molecule has 0 spiro atoms. The van der Waals surface area contributed by atoms with Gasteiger partial charge < -0.3 is 23.9 Å². The van der Waals surface area contributed by atoms with Crippen LogP contribution < -0.4 is 4.90 Å². The first-order valence-electron chi connectivity index (χ1n) is 13.0. The molecule has 2 aromatic carbocycles. The molecule has 10 nitrogen and oxygen atoms in total. The van der Waals surface area contributed by atoms with E-state index in [0.29, 0.717) is 35.3 Å². The molecule has 4 aromatic rings. The molecule has 0 bridgehead atoms. The summed E-state index contributed by atoms with van der Waals surface area (Å²) in [5.41, 5.74) is 5.10. The molecule has 6 rings (SSSR count). The summed E-state index contributed by atoms with van der Waals surface area (Å²) in [5, 5.41) is 21.4. The van der Waals surface area contributed by atoms with E-state index in [9.17, 15) is 19.8 Å². The van der Waals surface area contributed by atoms with Gasteiger partial charge in [-0.2, -0.15) is 0 Å². The molecule has 1 aliphatic carbocycles. The fourth-order valence-electron chi connectivity index (χ4n) is 6.19. The number of aryl methyl sites for hydroxylation is 1. The average molecular weight is 519 g/mol. The van der Waals surface area contributed by atoms with Gasteiger partial charge in [-0.25, -0.2) is 14.8 Å². The van der Waals surface area contributed by atoms with E-state index in [0.717, 1.165) is 48.0 Å². The number of hydrogen-bond acceptors (Lipinski definition) is 7. The van der Waals surface area contributed by atoms with Crippen molar-refractivity contribution < 1.29 is 29.0 Å². The van der Waals surface area contributed by atoms with Crippen LogP contribution in [-0.2, 0) is 16.0 Å². The number of carboxylic acids is 1. The third kappa shape index (κ3) is 3.91. The van der Waals surface area contributed by atoms with Crippen molar-refractivity contribution in [3.05, 3.63) is 53.7 Å². The van der Waals surface area contributed by atoms with Gasteiger partial charge in [-0.1, -0.05) is 12.5 Å². The van der Waals surface area contributed by atoms with Crippen molar-refractivity contribution >= 4 is 39.9 Å². The number of fused-ring (bicyclic) bond motifs is 4. The Kier molecular flexibility index (Phi) is 6.06. The predicted molar refractivity (Wildman–Crippen MR) is 139 cm³/mol. The van der Waals surface area contributed by atoms with Crippen molar-refractivity contribution in [3.63, 3.8) is 0 Å². The Labute approximate surface area is 218 Å². The number of amides is 1. The lowest BCUT2D eigenvalue weighted by Gasteiger charge is -2.34. The Balaban J connectivity index is 1.53. The van der Waals surface area contributed by atoms with Crippen LogP contribution in [0.5, 0.6) is 0 Å². The molecule has 2 aromatic heterocycles. The number of hydrogen-bond donors (Lipinski definition) is 2. The van der Waals surface area contributed by atoms with E-state index in [1.165, 1.54) is 13.5 Å². The number of carbonyl (C=O) groups is 2. The van der Waals surface area contributed by atoms with Gasteiger partial charge in [0, 0.05) is 17.6 Å². The Hall–Kier alpha value is -3.92. The van der Waals surface area contributed by atoms with E-state index in [1.54, 1.807) is 23.1 Å². The maximum Gasteiger partial charge on any atom is 0.414 e. The van der Waals surface area contributed by atoms with Crippen molar-refractivity contribution in [1.82, 2.24) is 14.5 Å². The number of anilines is 1. The number of imidazole rings is 1. The zero-order valence-corrected chi connectivity index (χ0v) is 21.3. The van der Waals surface area contributed by atoms with Crippen LogP contribution in [0.1, 0.15) is 68.1 Å². The maximum absolute atomic E-state index is 12.6. The van der Waals surface area contributed by atoms with E-state index in [-0.39, 0.29) is 12.1 Å². The molecule has 0 radical (unpaired) electrons. The van der Waals surface area contributed by atoms with E-state index < -0.39 is 24.1 Å². The molecule has 0 saturated heterocycles. The second-order valence-electron chi connectivity index (χ2n) is 10.3. The number of methoxy groups -OCH3 is 1. The number of aliphatic carboxylic acids is 1. The molecule has 198 valence electrons. The van der Waals surface area contributed by atoms with Crippen LogP contribution in [0.3, 0.4) is 0 Å². The number of carboxylic acid groups (broad SMARTS) is 1. The molecule has 2 aliphatic rings. The van der Waals surface area contributed by atoms with E-state index in [4.69, 9.17) is 14.1 Å². The number of rotatable bonds is 4. The number of aromatic nitrogens is 3. The van der Waals surface area contributed by atoms with Crippen LogP contribution in [0.15, 0.2) is 41.1 Å². The fraction of sp³-hybridized carbons (Fsp3) is 0.429. The molecule has 10 heteroatoms. The summed E-state index contributed by atoms with van der Waals surface area (Å²) in [7, 11) is 1.37. The molecule has 0 unspecified atom stereocenters. The molecule has 38 heavy (non-hydrogen) atoms. The highest BCUT2D eigenvalue weighted by Gasteiger charge is 2.35. The van der Waals surface area contributed by atoms with E-state index in [2.05, 4.69) is 4.98 Å². The summed E-state index contributed by atoms with van der Waals surface area (Å²) in [6.45, 7) is 1.99. The molecule has 1 aliphatic heterocycles. The number of aliphatic hydroxyl groups excluding tert-OH is 1. The van der Waals surface area contributed by atoms with Gasteiger partial charge in [0.25, 0.3) is 0 Å². The number of benzene rings is 2. The summed E-state index contributed by atoms with van der Waals surface area (Å²) in [6.07, 6.45) is 4.02. The normalized spacial score (nSPS) is 22.4. The Bertz CT molecular complexity index is 1540. The lowest BCUT2D eigenvalue weighted by Crippen LogP contribution is -2.42. The molecule has 4 atom stereocenters. The Morgan fingerprint density at radius 1 is 1.18 bits per heavy atom. The monoisotopic (exact) mass is 518 g/mol. The minimum Gasteiger partial charge on any atom is -0.481 e. The fourth-order valence-corrected chi connectivity index (χ4v) is 6.19. The first-order valence-corrected chi connectivity index (χ1v) is 13.0. The zero-order chi connectivity index (χ0) is 26.6. The second kappa shape index (κ2) is 9.43. The molecule has 2 N–H and O–H groups in total. The third-order valence-corrected chi connectivity index (χ3v) is 8.13. The van der Waals surface area contributed by atoms with E-state index in [1.807, 2.05) is 23.6 Å². The number of oxazole rings is 1. The first-order chi connectivity index (χ1) is 18.4. The summed E-state index contributed by atoms with van der Waals surface area (Å²) in [5.74, 6) is -0.788. The maximum atomic E-state index is 12.6. The lowest BCUT2D eigenvalue weighted by atomic mass is 9.85. The minimum absolute atomic E-state index is 0.0246. The van der Waals surface area contributed by atoms with Gasteiger partial charge in [-0.3, -0.25) is 9.69 Å². The summed E-state index contributed by atoms with van der Waals surface area (Å²) in [4.78, 5) is 35.4. The standard InChI is InChI=1S/C28H30N4O6/c1-15-6-8-19-21(31(15)28(36)37-2)9-10-22-24(19)30-26(32(22)18-5-3-4-17(12-18)27(34)35)25(33)16-7-11-23-20(13-16)29-14-38-23/h7,9-11,13-15,17-18,25,33H,3-6,8,12H2,1-2H3,(H,34,35)/t15-,17+,18+,25+/m0/s1. The SMILES string of the molecule is COC(=O)N1c2ccc3c(nc([C@H](O)c4ccc5ocnc5c4)n3[C@@H]3CCC[C@@H](C(=O)O)C3)c2CC[C@@H]1C. The molecule has 1 saturated carbocycles. The lowest BCUT2D eigenvalue weighted by molar-refractivity contribution is -0.143. The van der Waals surface area contributed by atoms with Crippen LogP contribution in [0, 0.1) is 5.92 Å². The highest BCUT2D eigenvalue weighted by Crippen LogP contribution is 2.42. The van der Waals surface area contributed by atoms with Gasteiger partial charge in [0.2, 0.25) is 0 Å². The van der Waals surface area contributed by atoms with Crippen LogP contribution in [0.4, 0.5) is 10.5 Å². The van der Waals surface area contributed by atoms with Crippen LogP contribution >= 0.6 is 0 Å². The third-order valence-electron chi connectivity index (χ3n) is 8.13. The number of aliphatic hydroxyl groups is 1. The summed E-state index contributed by atoms with van der Waals surface area (Å²) in [6, 6.07) is 9.03. The van der Waals surface area contributed by atoms with Crippen molar-refractivity contribution in [1.29, 1.82) is 0 Å². The predicted octanol–water partition coefficient (Wildman–Crippen LogP) is 4.98. The first kappa shape index (κ1) is 24.4. The van der Waals surface area contributed by atoms with Crippen molar-refractivity contribution in [2.24, 2.45) is 5.92 Å². The molecule has 1 fully saturated rings. The van der Waals surface area contributed by atoms with Gasteiger partial charge in [0.1, 0.15) is 17.4 Å². The summed E-state index contributed by atoms with van der Waals surface area (Å²) >= 11 is 0. The highest BCUT2D eigenvalue weighted by molar-refractivity contribution is 5.95. The number of nitrogens with zero attached hydrogens (tertiary/aromatic N) is 4. The number of ether oxygens (including phenoxy) is 1. The largest absolute Gasteiger partial charge is 0.481 e. The van der Waals surface area contributed by atoms with Crippen molar-refractivity contribution in [3.8, 4) is 0 Å². The molecular weight excluding hydrogens is 488 g/mol. The summed E-state index contributed by atoms with van der Waals surface area (Å²) < 4.78 is 12.5. The Morgan fingerprint density at radius 3 is 2.82 bits per heavy atom. The molecule has 1 amide bonds. The van der Waals surface area contributed by atoms with Gasteiger partial charge in [0.15, 0.2) is 12.0 Å². The second-order valence-corrected chi connectivity index (χ2v) is 10.3. The average Bonchev–Trinajstić information content (AvgIpc) is 3.56.